The molecule has 0 bridgehead atoms. The zero-order valence-electron chi connectivity index (χ0n) is 17.7. The van der Waals surface area contributed by atoms with E-state index in [4.69, 9.17) is 16.3 Å². The predicted molar refractivity (Wildman–Crippen MR) is 122 cm³/mol. The predicted octanol–water partition coefficient (Wildman–Crippen LogP) is 4.03. The number of nitrogens with zero attached hydrogens (tertiary/aromatic N) is 2. The van der Waals surface area contributed by atoms with Crippen molar-refractivity contribution in [3.05, 3.63) is 88.1 Å². The molecule has 1 aromatic heterocycles. The average Bonchev–Trinajstić information content (AvgIpc) is 3.05. The van der Waals surface area contributed by atoms with E-state index in [0.29, 0.717) is 10.7 Å². The molecule has 1 aliphatic heterocycles. The summed E-state index contributed by atoms with van der Waals surface area (Å²) in [5, 5.41) is 2.93. The van der Waals surface area contributed by atoms with Crippen LogP contribution in [0.25, 0.3) is 0 Å². The molecule has 0 unspecified atom stereocenters. The Morgan fingerprint density at radius 1 is 1.03 bits per heavy atom. The van der Waals surface area contributed by atoms with Crippen LogP contribution >= 0.6 is 11.6 Å². The molecule has 1 aliphatic rings. The van der Waals surface area contributed by atoms with Crippen LogP contribution in [0.5, 0.6) is 0 Å². The number of benzene rings is 2. The van der Waals surface area contributed by atoms with Gasteiger partial charge in [-0.1, -0.05) is 29.8 Å². The molecule has 0 saturated carbocycles. The standard InChI is InChI=1S/C24H18ClN3O5/c1-13-5-3-4-6-19(13)28-22(30)17-9-7-15(11-18(17)23(28)31)24(32)33-14(2)21(29)27-20-10-8-16(25)12-26-20/h3-12,14H,1-2H3,(H,26,27,29)/t14-/m0/s1. The van der Waals surface area contributed by atoms with E-state index in [0.717, 1.165) is 10.5 Å². The molecule has 0 fully saturated rings. The molecule has 8 nitrogen and oxygen atoms in total. The third kappa shape index (κ3) is 4.33. The van der Waals surface area contributed by atoms with Crippen molar-refractivity contribution < 1.29 is 23.9 Å². The molecule has 0 saturated heterocycles. The van der Waals surface area contributed by atoms with Gasteiger partial charge in [-0.15, -0.1) is 0 Å². The second-order valence-electron chi connectivity index (χ2n) is 7.39. The van der Waals surface area contributed by atoms with Crippen LogP contribution in [0.3, 0.4) is 0 Å². The van der Waals surface area contributed by atoms with E-state index in [1.165, 1.54) is 37.4 Å². The van der Waals surface area contributed by atoms with Crippen LogP contribution < -0.4 is 10.2 Å². The lowest BCUT2D eigenvalue weighted by molar-refractivity contribution is -0.123. The number of aryl methyl sites for hydroxylation is 1. The Morgan fingerprint density at radius 2 is 1.76 bits per heavy atom. The van der Waals surface area contributed by atoms with Gasteiger partial charge in [-0.25, -0.2) is 14.7 Å². The maximum Gasteiger partial charge on any atom is 0.338 e. The molecule has 4 rings (SSSR count). The molecular formula is C24H18ClN3O5. The first kappa shape index (κ1) is 22.2. The summed E-state index contributed by atoms with van der Waals surface area (Å²) >= 11 is 5.77. The number of pyridine rings is 1. The summed E-state index contributed by atoms with van der Waals surface area (Å²) in [5.74, 6) is -2.13. The van der Waals surface area contributed by atoms with Crippen molar-refractivity contribution in [2.75, 3.05) is 10.2 Å². The molecule has 0 spiro atoms. The maximum atomic E-state index is 13.0. The highest BCUT2D eigenvalue weighted by molar-refractivity contribution is 6.35. The Labute approximate surface area is 194 Å². The first-order chi connectivity index (χ1) is 15.8. The van der Waals surface area contributed by atoms with Crippen molar-refractivity contribution in [2.45, 2.75) is 20.0 Å². The molecule has 3 amide bonds. The summed E-state index contributed by atoms with van der Waals surface area (Å²) in [5.41, 5.74) is 1.58. The van der Waals surface area contributed by atoms with Crippen LogP contribution in [0.2, 0.25) is 5.02 Å². The second-order valence-corrected chi connectivity index (χ2v) is 7.83. The number of imide groups is 1. The summed E-state index contributed by atoms with van der Waals surface area (Å²) in [7, 11) is 0. The Kier molecular flexibility index (Phi) is 5.93. The third-order valence-corrected chi connectivity index (χ3v) is 5.33. The van der Waals surface area contributed by atoms with E-state index in [1.54, 1.807) is 31.2 Å². The number of rotatable bonds is 5. The van der Waals surface area contributed by atoms with Crippen LogP contribution in [0.15, 0.2) is 60.8 Å². The highest BCUT2D eigenvalue weighted by atomic mass is 35.5. The SMILES string of the molecule is Cc1ccccc1N1C(=O)c2ccc(C(=O)O[C@@H](C)C(=O)Nc3ccc(Cl)cn3)cc2C1=O. The Hall–Kier alpha value is -4.04. The summed E-state index contributed by atoms with van der Waals surface area (Å²) in [4.78, 5) is 55.7. The second kappa shape index (κ2) is 8.84. The molecule has 2 aromatic carbocycles. The van der Waals surface area contributed by atoms with Gasteiger partial charge in [0.05, 0.1) is 27.4 Å². The van der Waals surface area contributed by atoms with Gasteiger partial charge in [-0.2, -0.15) is 0 Å². The zero-order valence-corrected chi connectivity index (χ0v) is 18.4. The number of carbonyl (C=O) groups excluding carboxylic acids is 4. The molecule has 2 heterocycles. The molecular weight excluding hydrogens is 446 g/mol. The third-order valence-electron chi connectivity index (χ3n) is 5.11. The molecule has 1 atom stereocenters. The minimum atomic E-state index is -1.14. The maximum absolute atomic E-state index is 13.0. The van der Waals surface area contributed by atoms with Gasteiger partial charge in [0.1, 0.15) is 5.82 Å². The number of amides is 3. The van der Waals surface area contributed by atoms with Gasteiger partial charge in [0.25, 0.3) is 17.7 Å². The van der Waals surface area contributed by atoms with Crippen LogP contribution in [0.1, 0.15) is 43.6 Å². The quantitative estimate of drug-likeness (QED) is 0.452. The number of para-hydroxylation sites is 1. The van der Waals surface area contributed by atoms with E-state index < -0.39 is 29.8 Å². The smallest absolute Gasteiger partial charge is 0.338 e. The summed E-state index contributed by atoms with van der Waals surface area (Å²) in [6.07, 6.45) is 0.237. The van der Waals surface area contributed by atoms with Gasteiger partial charge in [-0.05, 0) is 55.8 Å². The molecule has 33 heavy (non-hydrogen) atoms. The van der Waals surface area contributed by atoms with Crippen molar-refractivity contribution in [3.8, 4) is 0 Å². The highest BCUT2D eigenvalue weighted by Gasteiger charge is 2.38. The van der Waals surface area contributed by atoms with Crippen LogP contribution in [0.4, 0.5) is 11.5 Å². The molecule has 9 heteroatoms. The van der Waals surface area contributed by atoms with Gasteiger partial charge >= 0.3 is 5.97 Å². The molecule has 166 valence electrons. The first-order valence-corrected chi connectivity index (χ1v) is 10.4. The van der Waals surface area contributed by atoms with Crippen LogP contribution in [0, 0.1) is 6.92 Å². The lowest BCUT2D eigenvalue weighted by Crippen LogP contribution is -2.30. The fourth-order valence-corrected chi connectivity index (χ4v) is 3.47. The van der Waals surface area contributed by atoms with Crippen molar-refractivity contribution >= 4 is 46.8 Å². The summed E-state index contributed by atoms with van der Waals surface area (Å²) < 4.78 is 5.23. The molecule has 0 aliphatic carbocycles. The van der Waals surface area contributed by atoms with E-state index in [2.05, 4.69) is 10.3 Å². The number of anilines is 2. The van der Waals surface area contributed by atoms with Crippen molar-refractivity contribution in [2.24, 2.45) is 0 Å². The van der Waals surface area contributed by atoms with Crippen molar-refractivity contribution in [1.82, 2.24) is 4.98 Å². The average molecular weight is 464 g/mol. The number of halogens is 1. The van der Waals surface area contributed by atoms with E-state index in [9.17, 15) is 19.2 Å². The number of esters is 1. The zero-order chi connectivity index (χ0) is 23.7. The van der Waals surface area contributed by atoms with Crippen molar-refractivity contribution in [1.29, 1.82) is 0 Å². The number of hydrogen-bond donors (Lipinski definition) is 1. The monoisotopic (exact) mass is 463 g/mol. The number of nitrogens with one attached hydrogen (secondary N) is 1. The highest BCUT2D eigenvalue weighted by Crippen LogP contribution is 2.31. The molecule has 3 aromatic rings. The summed E-state index contributed by atoms with van der Waals surface area (Å²) in [6, 6.07) is 14.2. The van der Waals surface area contributed by atoms with Crippen molar-refractivity contribution in [3.63, 3.8) is 0 Å². The largest absolute Gasteiger partial charge is 0.449 e. The number of aromatic nitrogens is 1. The van der Waals surface area contributed by atoms with Gasteiger partial charge in [0.2, 0.25) is 0 Å². The number of ether oxygens (including phenoxy) is 1. The minimum Gasteiger partial charge on any atom is -0.449 e. The van der Waals surface area contributed by atoms with Gasteiger partial charge in [-0.3, -0.25) is 14.4 Å². The fourth-order valence-electron chi connectivity index (χ4n) is 3.36. The number of carbonyl (C=O) groups is 4. The minimum absolute atomic E-state index is 0.0470. The lowest BCUT2D eigenvalue weighted by Gasteiger charge is -2.16. The van der Waals surface area contributed by atoms with Gasteiger partial charge in [0.15, 0.2) is 6.10 Å². The lowest BCUT2D eigenvalue weighted by atomic mass is 10.1. The number of fused-ring (bicyclic) bond motifs is 1. The Balaban J connectivity index is 1.49. The van der Waals surface area contributed by atoms with Gasteiger partial charge < -0.3 is 10.1 Å². The molecule has 0 radical (unpaired) electrons. The Morgan fingerprint density at radius 3 is 2.45 bits per heavy atom. The van der Waals surface area contributed by atoms with E-state index >= 15 is 0 Å². The van der Waals surface area contributed by atoms with Crippen LogP contribution in [-0.2, 0) is 9.53 Å². The first-order valence-electron chi connectivity index (χ1n) is 9.98. The number of hydrogen-bond acceptors (Lipinski definition) is 6. The Bertz CT molecular complexity index is 1290. The van der Waals surface area contributed by atoms with E-state index in [1.807, 2.05) is 6.07 Å². The summed E-state index contributed by atoms with van der Waals surface area (Å²) in [6.45, 7) is 3.21. The van der Waals surface area contributed by atoms with Crippen LogP contribution in [-0.4, -0.2) is 34.8 Å². The topological polar surface area (TPSA) is 106 Å². The van der Waals surface area contributed by atoms with Gasteiger partial charge in [0, 0.05) is 6.20 Å². The fraction of sp³-hybridized carbons (Fsp3) is 0.125. The normalized spacial score (nSPS) is 13.5. The molecule has 1 N–H and O–H groups in total. The van der Waals surface area contributed by atoms with E-state index in [-0.39, 0.29) is 22.5 Å².